The zero-order chi connectivity index (χ0) is 21.3. The average Bonchev–Trinajstić information content (AvgIpc) is 3.17. The zero-order valence-electron chi connectivity index (χ0n) is 15.8. The highest BCUT2D eigenvalue weighted by molar-refractivity contribution is 7.90. The van der Waals surface area contributed by atoms with E-state index >= 15 is 0 Å². The number of hydrogen-bond acceptors (Lipinski definition) is 6. The van der Waals surface area contributed by atoms with Gasteiger partial charge in [0.05, 0.1) is 26.9 Å². The molecule has 0 aliphatic carbocycles. The largest absolute Gasteiger partial charge is 0.278 e. The molecule has 1 amide bonds. The van der Waals surface area contributed by atoms with E-state index in [-0.39, 0.29) is 22.9 Å². The third kappa shape index (κ3) is 4.21. The maximum atomic E-state index is 13.4. The van der Waals surface area contributed by atoms with Crippen molar-refractivity contribution >= 4 is 54.0 Å². The number of sulfone groups is 1. The maximum Gasteiger partial charge on any atom is 0.260 e. The summed E-state index contributed by atoms with van der Waals surface area (Å²) in [6.07, 6.45) is 2.76. The lowest BCUT2D eigenvalue weighted by atomic mass is 10.2. The highest BCUT2D eigenvalue weighted by Crippen LogP contribution is 2.34. The topological polar surface area (TPSA) is 80.2 Å². The molecular formula is C21H16ClN3O3S2. The molecule has 152 valence electrons. The summed E-state index contributed by atoms with van der Waals surface area (Å²) in [5.41, 5.74) is 1.54. The van der Waals surface area contributed by atoms with E-state index in [0.717, 1.165) is 11.0 Å². The molecular weight excluding hydrogens is 442 g/mol. The molecule has 0 atom stereocenters. The minimum atomic E-state index is -3.45. The second-order valence-electron chi connectivity index (χ2n) is 6.60. The van der Waals surface area contributed by atoms with E-state index in [1.54, 1.807) is 30.5 Å². The molecule has 6 nitrogen and oxygen atoms in total. The van der Waals surface area contributed by atoms with Gasteiger partial charge >= 0.3 is 0 Å². The number of hydrogen-bond donors (Lipinski definition) is 0. The predicted molar refractivity (Wildman–Crippen MR) is 119 cm³/mol. The first-order valence-corrected chi connectivity index (χ1v) is 12.0. The van der Waals surface area contributed by atoms with Crippen LogP contribution >= 0.6 is 22.9 Å². The van der Waals surface area contributed by atoms with Gasteiger partial charge in [-0.1, -0.05) is 41.1 Å². The lowest BCUT2D eigenvalue weighted by Gasteiger charge is -2.20. The molecule has 9 heteroatoms. The Bertz CT molecular complexity index is 1340. The number of pyridine rings is 1. The first kappa shape index (κ1) is 20.5. The van der Waals surface area contributed by atoms with Crippen molar-refractivity contribution in [3.8, 4) is 0 Å². The van der Waals surface area contributed by atoms with Crippen molar-refractivity contribution < 1.29 is 13.2 Å². The Morgan fingerprint density at radius 3 is 2.60 bits per heavy atom. The molecule has 0 radical (unpaired) electrons. The lowest BCUT2D eigenvalue weighted by Crippen LogP contribution is -2.30. The first-order chi connectivity index (χ1) is 14.3. The van der Waals surface area contributed by atoms with Gasteiger partial charge in [0.2, 0.25) is 0 Å². The molecule has 30 heavy (non-hydrogen) atoms. The summed E-state index contributed by atoms with van der Waals surface area (Å²) in [7, 11) is -3.45. The zero-order valence-corrected chi connectivity index (χ0v) is 18.2. The number of thiazole rings is 1. The quantitative estimate of drug-likeness (QED) is 0.437. The Balaban J connectivity index is 1.80. The summed E-state index contributed by atoms with van der Waals surface area (Å²) < 4.78 is 24.7. The van der Waals surface area contributed by atoms with Crippen molar-refractivity contribution in [2.45, 2.75) is 11.4 Å². The summed E-state index contributed by atoms with van der Waals surface area (Å²) in [6, 6.07) is 16.9. The number of halogens is 1. The summed E-state index contributed by atoms with van der Waals surface area (Å²) >= 11 is 7.60. The van der Waals surface area contributed by atoms with Crippen LogP contribution in [0.3, 0.4) is 0 Å². The van der Waals surface area contributed by atoms with E-state index in [1.807, 2.05) is 24.3 Å². The molecule has 0 bridgehead atoms. The average molecular weight is 458 g/mol. The van der Waals surface area contributed by atoms with Crippen LogP contribution in [0.5, 0.6) is 0 Å². The van der Waals surface area contributed by atoms with Gasteiger partial charge in [-0.15, -0.1) is 0 Å². The van der Waals surface area contributed by atoms with Gasteiger partial charge in [0, 0.05) is 18.0 Å². The Morgan fingerprint density at radius 2 is 1.90 bits per heavy atom. The first-order valence-electron chi connectivity index (χ1n) is 8.90. The van der Waals surface area contributed by atoms with Gasteiger partial charge in [-0.05, 0) is 42.5 Å². The second-order valence-corrected chi connectivity index (χ2v) is 10.0. The van der Waals surface area contributed by atoms with Crippen LogP contribution in [0.25, 0.3) is 10.2 Å². The molecule has 0 saturated heterocycles. The van der Waals surface area contributed by atoms with Gasteiger partial charge in [-0.3, -0.25) is 14.7 Å². The fourth-order valence-electron chi connectivity index (χ4n) is 2.91. The minimum Gasteiger partial charge on any atom is -0.278 e. The van der Waals surface area contributed by atoms with Crippen LogP contribution in [0.4, 0.5) is 5.13 Å². The van der Waals surface area contributed by atoms with Gasteiger partial charge in [0.15, 0.2) is 15.0 Å². The van der Waals surface area contributed by atoms with Crippen LogP contribution in [0.2, 0.25) is 5.02 Å². The van der Waals surface area contributed by atoms with Crippen LogP contribution in [-0.4, -0.2) is 30.5 Å². The molecule has 0 aliphatic heterocycles. The van der Waals surface area contributed by atoms with E-state index in [1.165, 1.54) is 28.4 Å². The Labute approximate surface area is 182 Å². The van der Waals surface area contributed by atoms with Crippen LogP contribution < -0.4 is 4.90 Å². The molecule has 0 unspecified atom stereocenters. The fraction of sp³-hybridized carbons (Fsp3) is 0.0952. The molecule has 0 aliphatic rings. The van der Waals surface area contributed by atoms with Crippen LogP contribution in [0.1, 0.15) is 16.1 Å². The molecule has 2 heterocycles. The SMILES string of the molecule is CS(=O)(=O)c1cccc(C(=O)N(Cc2ccccn2)c2nc3c(Cl)cccc3s2)c1. The normalized spacial score (nSPS) is 11.5. The Hall–Kier alpha value is -2.81. The van der Waals surface area contributed by atoms with Crippen LogP contribution in [-0.2, 0) is 16.4 Å². The molecule has 2 aromatic heterocycles. The van der Waals surface area contributed by atoms with E-state index in [0.29, 0.717) is 21.4 Å². The molecule has 0 spiro atoms. The lowest BCUT2D eigenvalue weighted by molar-refractivity contribution is 0.0984. The predicted octanol–water partition coefficient (Wildman–Crippen LogP) is 4.60. The third-order valence-electron chi connectivity index (χ3n) is 4.39. The van der Waals surface area contributed by atoms with Crippen molar-refractivity contribution in [1.29, 1.82) is 0 Å². The standard InChI is InChI=1S/C21H16ClN3O3S2/c1-30(27,28)16-8-4-6-14(12-16)20(26)25(13-15-7-2-3-11-23-15)21-24-19-17(22)9-5-10-18(19)29-21/h2-12H,13H2,1H3. The smallest absolute Gasteiger partial charge is 0.260 e. The van der Waals surface area contributed by atoms with Crippen molar-refractivity contribution in [3.63, 3.8) is 0 Å². The number of nitrogens with zero attached hydrogens (tertiary/aromatic N) is 3. The number of carbonyl (C=O) groups is 1. The van der Waals surface area contributed by atoms with Crippen molar-refractivity contribution in [3.05, 3.63) is 83.1 Å². The number of carbonyl (C=O) groups excluding carboxylic acids is 1. The van der Waals surface area contributed by atoms with Crippen molar-refractivity contribution in [2.24, 2.45) is 0 Å². The van der Waals surface area contributed by atoms with E-state index in [9.17, 15) is 13.2 Å². The van der Waals surface area contributed by atoms with E-state index < -0.39 is 9.84 Å². The number of benzene rings is 2. The molecule has 4 aromatic rings. The second kappa shape index (κ2) is 8.14. The van der Waals surface area contributed by atoms with Gasteiger partial charge < -0.3 is 0 Å². The van der Waals surface area contributed by atoms with Gasteiger partial charge in [-0.2, -0.15) is 0 Å². The Kier molecular flexibility index (Phi) is 5.55. The third-order valence-corrected chi connectivity index (χ3v) is 6.85. The number of aromatic nitrogens is 2. The van der Waals surface area contributed by atoms with Crippen molar-refractivity contribution in [2.75, 3.05) is 11.2 Å². The monoisotopic (exact) mass is 457 g/mol. The Morgan fingerprint density at radius 1 is 1.10 bits per heavy atom. The van der Waals surface area contributed by atoms with Crippen molar-refractivity contribution in [1.82, 2.24) is 9.97 Å². The summed E-state index contributed by atoms with van der Waals surface area (Å²) in [4.78, 5) is 23.9. The number of amides is 1. The summed E-state index contributed by atoms with van der Waals surface area (Å²) in [5.74, 6) is -0.374. The molecule has 4 rings (SSSR count). The van der Waals surface area contributed by atoms with Gasteiger partial charge in [-0.25, -0.2) is 13.4 Å². The van der Waals surface area contributed by atoms with Crippen LogP contribution in [0.15, 0.2) is 71.8 Å². The van der Waals surface area contributed by atoms with Gasteiger partial charge in [0.1, 0.15) is 5.52 Å². The number of fused-ring (bicyclic) bond motifs is 1. The number of para-hydroxylation sites is 1. The van der Waals surface area contributed by atoms with E-state index in [2.05, 4.69) is 9.97 Å². The summed E-state index contributed by atoms with van der Waals surface area (Å²) in [5, 5.41) is 0.956. The number of rotatable bonds is 5. The minimum absolute atomic E-state index is 0.0819. The summed E-state index contributed by atoms with van der Waals surface area (Å²) in [6.45, 7) is 0.181. The highest BCUT2D eigenvalue weighted by atomic mass is 35.5. The molecule has 0 saturated carbocycles. The fourth-order valence-corrected chi connectivity index (χ4v) is 4.84. The molecule has 0 fully saturated rings. The van der Waals surface area contributed by atoms with Gasteiger partial charge in [0.25, 0.3) is 5.91 Å². The maximum absolute atomic E-state index is 13.4. The van der Waals surface area contributed by atoms with Crippen LogP contribution in [0, 0.1) is 0 Å². The van der Waals surface area contributed by atoms with E-state index in [4.69, 9.17) is 11.6 Å². The number of anilines is 1. The highest BCUT2D eigenvalue weighted by Gasteiger charge is 2.23. The molecule has 0 N–H and O–H groups in total. The molecule has 2 aromatic carbocycles.